The van der Waals surface area contributed by atoms with Crippen LogP contribution >= 0.6 is 0 Å². The summed E-state index contributed by atoms with van der Waals surface area (Å²) in [6.45, 7) is 7.35. The Balaban J connectivity index is 1.92. The molecule has 36 heavy (non-hydrogen) atoms. The van der Waals surface area contributed by atoms with Crippen molar-refractivity contribution in [2.45, 2.75) is 56.0 Å². The fourth-order valence-corrected chi connectivity index (χ4v) is 6.06. The van der Waals surface area contributed by atoms with Crippen molar-refractivity contribution in [3.05, 3.63) is 127 Å². The number of rotatable bonds is 12. The van der Waals surface area contributed by atoms with Crippen molar-refractivity contribution in [2.24, 2.45) is 0 Å². The Morgan fingerprint density at radius 2 is 1.42 bits per heavy atom. The van der Waals surface area contributed by atoms with Crippen molar-refractivity contribution < 1.29 is 0 Å². The van der Waals surface area contributed by atoms with E-state index >= 15 is 0 Å². The molecule has 0 aliphatic rings. The predicted molar refractivity (Wildman–Crippen MR) is 155 cm³/mol. The van der Waals surface area contributed by atoms with Gasteiger partial charge in [0.15, 0.2) is 0 Å². The highest BCUT2D eigenvalue weighted by Gasteiger charge is 2.50. The summed E-state index contributed by atoms with van der Waals surface area (Å²) in [6, 6.07) is 37.6. The van der Waals surface area contributed by atoms with Crippen LogP contribution in [-0.4, -0.2) is 20.1 Å². The van der Waals surface area contributed by atoms with Crippen LogP contribution in [0.15, 0.2) is 103 Å². The lowest BCUT2D eigenvalue weighted by atomic mass is 9.57. The lowest BCUT2D eigenvalue weighted by molar-refractivity contribution is 0.170. The highest BCUT2D eigenvalue weighted by atomic mass is 15.0. The number of hydrogen-bond acceptors (Lipinski definition) is 2. The molecule has 2 heteroatoms. The molecular weight excluding hydrogens is 436 g/mol. The molecule has 4 rings (SSSR count). The number of fused-ring (bicyclic) bond motifs is 1. The molecule has 0 amide bonds. The van der Waals surface area contributed by atoms with Gasteiger partial charge in [0.05, 0.1) is 5.54 Å². The summed E-state index contributed by atoms with van der Waals surface area (Å²) in [4.78, 5) is 0. The zero-order valence-electron chi connectivity index (χ0n) is 22.1. The van der Waals surface area contributed by atoms with Crippen LogP contribution in [0.3, 0.4) is 0 Å². The highest BCUT2D eigenvalue weighted by molar-refractivity contribution is 5.87. The Hall–Kier alpha value is -2.94. The van der Waals surface area contributed by atoms with E-state index in [4.69, 9.17) is 6.92 Å². The first-order valence-electron chi connectivity index (χ1n) is 13.4. The smallest absolute Gasteiger partial charge is 0.0537 e. The molecular formula is C34H41N2. The first-order chi connectivity index (χ1) is 17.6. The second kappa shape index (κ2) is 11.9. The van der Waals surface area contributed by atoms with E-state index in [2.05, 4.69) is 135 Å². The normalized spacial score (nSPS) is 15.8. The monoisotopic (exact) mass is 477 g/mol. The average molecular weight is 478 g/mol. The molecule has 4 aromatic rings. The molecule has 0 heterocycles. The third-order valence-corrected chi connectivity index (χ3v) is 8.10. The van der Waals surface area contributed by atoms with Crippen LogP contribution in [0.25, 0.3) is 10.8 Å². The molecule has 2 N–H and O–H groups in total. The first-order valence-corrected chi connectivity index (χ1v) is 13.4. The molecule has 0 aromatic heterocycles. The maximum absolute atomic E-state index is 5.07. The molecule has 4 aromatic carbocycles. The number of benzene rings is 4. The molecule has 0 bridgehead atoms. The van der Waals surface area contributed by atoms with Crippen molar-refractivity contribution in [2.75, 3.05) is 14.1 Å². The fraction of sp³-hybridized carbons (Fsp3) is 0.324. The van der Waals surface area contributed by atoms with Gasteiger partial charge in [-0.25, -0.2) is 0 Å². The molecule has 0 aliphatic heterocycles. The van der Waals surface area contributed by atoms with Crippen molar-refractivity contribution in [3.63, 3.8) is 0 Å². The number of hydrogen-bond donors (Lipinski definition) is 2. The van der Waals surface area contributed by atoms with E-state index in [9.17, 15) is 0 Å². The zero-order chi connectivity index (χ0) is 25.4. The van der Waals surface area contributed by atoms with Gasteiger partial charge in [-0.2, -0.15) is 0 Å². The average Bonchev–Trinajstić information content (AvgIpc) is 2.95. The maximum atomic E-state index is 5.07. The molecule has 2 nitrogen and oxygen atoms in total. The summed E-state index contributed by atoms with van der Waals surface area (Å²) in [6.07, 6.45) is 5.28. The molecule has 0 saturated heterocycles. The summed E-state index contributed by atoms with van der Waals surface area (Å²) in [7, 11) is 4.19. The second-order valence-corrected chi connectivity index (χ2v) is 10.1. The van der Waals surface area contributed by atoms with Crippen molar-refractivity contribution in [1.29, 1.82) is 0 Å². The first kappa shape index (κ1) is 26.1. The second-order valence-electron chi connectivity index (χ2n) is 10.1. The summed E-state index contributed by atoms with van der Waals surface area (Å²) < 4.78 is 0. The van der Waals surface area contributed by atoms with E-state index in [-0.39, 0.29) is 5.41 Å². The predicted octanol–water partition coefficient (Wildman–Crippen LogP) is 7.44. The third kappa shape index (κ3) is 5.12. The number of likely N-dealkylation sites (N-methyl/N-ethyl adjacent to an activating group) is 2. The Morgan fingerprint density at radius 3 is 2.08 bits per heavy atom. The minimum absolute atomic E-state index is 0.231. The highest BCUT2D eigenvalue weighted by Crippen LogP contribution is 2.50. The molecule has 3 unspecified atom stereocenters. The Kier molecular flexibility index (Phi) is 8.61. The lowest BCUT2D eigenvalue weighted by Crippen LogP contribution is -2.58. The van der Waals surface area contributed by atoms with Gasteiger partial charge in [0.1, 0.15) is 0 Å². The van der Waals surface area contributed by atoms with Gasteiger partial charge in [0.2, 0.25) is 0 Å². The van der Waals surface area contributed by atoms with E-state index in [1.54, 1.807) is 0 Å². The van der Waals surface area contributed by atoms with Crippen LogP contribution in [-0.2, 0) is 17.4 Å². The maximum Gasteiger partial charge on any atom is 0.0537 e. The summed E-state index contributed by atoms with van der Waals surface area (Å²) in [5.41, 5.74) is 3.21. The minimum atomic E-state index is -0.532. The fourth-order valence-electron chi connectivity index (χ4n) is 6.06. The van der Waals surface area contributed by atoms with Gasteiger partial charge in [-0.1, -0.05) is 123 Å². The molecule has 0 saturated carbocycles. The van der Waals surface area contributed by atoms with Crippen LogP contribution in [0, 0.1) is 6.92 Å². The Bertz CT molecular complexity index is 1210. The van der Waals surface area contributed by atoms with E-state index in [0.29, 0.717) is 6.04 Å². The van der Waals surface area contributed by atoms with Crippen LogP contribution in [0.5, 0.6) is 0 Å². The van der Waals surface area contributed by atoms with Gasteiger partial charge in [0, 0.05) is 11.5 Å². The molecule has 0 fully saturated rings. The standard InChI is InChI=1S/C34H41N2/c1-5-6-24-34(29-20-11-8-12-21-29,26-30(35-3)25-27-16-9-7-10-17-27)33(2,36-4)32-23-15-19-28-18-13-14-22-31(28)32/h7-23,30,35-36H,2,5-6,24-26H2,1,3-4H3. The third-order valence-electron chi connectivity index (χ3n) is 8.10. The van der Waals surface area contributed by atoms with Gasteiger partial charge >= 0.3 is 0 Å². The lowest BCUT2D eigenvalue weighted by Gasteiger charge is -2.52. The van der Waals surface area contributed by atoms with Crippen molar-refractivity contribution >= 4 is 10.8 Å². The van der Waals surface area contributed by atoms with Gasteiger partial charge in [-0.3, -0.25) is 0 Å². The molecule has 3 atom stereocenters. The summed E-state index contributed by atoms with van der Waals surface area (Å²) in [5.74, 6) is 0. The van der Waals surface area contributed by atoms with E-state index in [0.717, 1.165) is 32.1 Å². The van der Waals surface area contributed by atoms with Crippen molar-refractivity contribution in [3.8, 4) is 0 Å². The van der Waals surface area contributed by atoms with Gasteiger partial charge < -0.3 is 10.6 Å². The molecule has 0 spiro atoms. The van der Waals surface area contributed by atoms with E-state index in [1.807, 2.05) is 0 Å². The largest absolute Gasteiger partial charge is 0.317 e. The van der Waals surface area contributed by atoms with Gasteiger partial charge in [-0.05, 0) is 67.7 Å². The van der Waals surface area contributed by atoms with Crippen LogP contribution in [0.2, 0.25) is 0 Å². The van der Waals surface area contributed by atoms with Crippen LogP contribution in [0.4, 0.5) is 0 Å². The quantitative estimate of drug-likeness (QED) is 0.222. The van der Waals surface area contributed by atoms with Crippen molar-refractivity contribution in [1.82, 2.24) is 10.6 Å². The van der Waals surface area contributed by atoms with E-state index < -0.39 is 5.54 Å². The Labute approximate surface area is 218 Å². The zero-order valence-corrected chi connectivity index (χ0v) is 22.1. The van der Waals surface area contributed by atoms with Crippen LogP contribution < -0.4 is 10.6 Å². The number of unbranched alkanes of at least 4 members (excludes halogenated alkanes) is 1. The van der Waals surface area contributed by atoms with E-state index in [1.165, 1.54) is 27.5 Å². The molecule has 0 aliphatic carbocycles. The van der Waals surface area contributed by atoms with Crippen LogP contribution in [0.1, 0.15) is 49.3 Å². The van der Waals surface area contributed by atoms with Gasteiger partial charge in [-0.15, -0.1) is 0 Å². The molecule has 1 radical (unpaired) electrons. The SMILES string of the molecule is [CH2]C(NC)(c1cccc2ccccc12)C(CCCC)(CC(Cc1ccccc1)NC)c1ccccc1. The summed E-state index contributed by atoms with van der Waals surface area (Å²) in [5, 5.41) is 9.99. The molecule has 187 valence electrons. The number of nitrogens with one attached hydrogen (secondary N) is 2. The van der Waals surface area contributed by atoms with Gasteiger partial charge in [0.25, 0.3) is 0 Å². The minimum Gasteiger partial charge on any atom is -0.317 e. The Morgan fingerprint density at radius 1 is 0.778 bits per heavy atom. The topological polar surface area (TPSA) is 24.1 Å². The summed E-state index contributed by atoms with van der Waals surface area (Å²) >= 11 is 0.